The van der Waals surface area contributed by atoms with E-state index in [-0.39, 0.29) is 12.5 Å². The van der Waals surface area contributed by atoms with Crippen LogP contribution >= 0.6 is 15.9 Å². The van der Waals surface area contributed by atoms with Gasteiger partial charge in [-0.15, -0.1) is 0 Å². The van der Waals surface area contributed by atoms with Crippen molar-refractivity contribution in [2.45, 2.75) is 6.10 Å². The Labute approximate surface area is 119 Å². The number of methoxy groups -OCH3 is 1. The number of amides is 1. The summed E-state index contributed by atoms with van der Waals surface area (Å²) in [4.78, 5) is 11.9. The second kappa shape index (κ2) is 6.23. The summed E-state index contributed by atoms with van der Waals surface area (Å²) in [5, 5.41) is 2.74. The molecule has 1 unspecified atom stereocenters. The van der Waals surface area contributed by atoms with Gasteiger partial charge in [-0.1, -0.05) is 0 Å². The van der Waals surface area contributed by atoms with Crippen LogP contribution in [0, 0.1) is 0 Å². The molecule has 0 spiro atoms. The monoisotopic (exact) mass is 330 g/mol. The summed E-state index contributed by atoms with van der Waals surface area (Å²) < 4.78 is 16.6. The molecule has 1 atom stereocenters. The summed E-state index contributed by atoms with van der Waals surface area (Å²) in [7, 11) is 1.44. The highest BCUT2D eigenvalue weighted by atomic mass is 79.9. The largest absolute Gasteiger partial charge is 0.486 e. The molecule has 1 aliphatic rings. The Bertz CT molecular complexity index is 477. The summed E-state index contributed by atoms with van der Waals surface area (Å²) >= 11 is 3.37. The second-order valence-electron chi connectivity index (χ2n) is 3.93. The molecule has 1 aromatic rings. The third-order valence-electron chi connectivity index (χ3n) is 2.68. The molecule has 0 radical (unpaired) electrons. The Morgan fingerprint density at radius 3 is 2.68 bits per heavy atom. The van der Waals surface area contributed by atoms with E-state index in [4.69, 9.17) is 19.9 Å². The van der Waals surface area contributed by atoms with Crippen molar-refractivity contribution in [1.82, 2.24) is 0 Å². The molecule has 19 heavy (non-hydrogen) atoms. The average Bonchev–Trinajstić information content (AvgIpc) is 2.41. The van der Waals surface area contributed by atoms with Crippen LogP contribution in [0.3, 0.4) is 0 Å². The van der Waals surface area contributed by atoms with Crippen LogP contribution in [-0.4, -0.2) is 38.9 Å². The van der Waals surface area contributed by atoms with Crippen LogP contribution in [0.4, 0.5) is 5.69 Å². The zero-order valence-corrected chi connectivity index (χ0v) is 12.0. The molecule has 0 saturated carbocycles. The number of nitrogens with two attached hydrogens (primary N) is 1. The summed E-state index contributed by atoms with van der Waals surface area (Å²) in [5.41, 5.74) is 6.03. The van der Waals surface area contributed by atoms with Gasteiger partial charge < -0.3 is 25.3 Å². The van der Waals surface area contributed by atoms with Crippen molar-refractivity contribution in [3.8, 4) is 11.5 Å². The maximum Gasteiger partial charge on any atom is 0.254 e. The summed E-state index contributed by atoms with van der Waals surface area (Å²) in [5.74, 6) is 0.951. The summed E-state index contributed by atoms with van der Waals surface area (Å²) in [6.45, 7) is 1.13. The first-order valence-electron chi connectivity index (χ1n) is 5.78. The van der Waals surface area contributed by atoms with Gasteiger partial charge in [0.15, 0.2) is 11.5 Å². The molecule has 0 saturated heterocycles. The van der Waals surface area contributed by atoms with Crippen LogP contribution in [-0.2, 0) is 9.53 Å². The zero-order valence-electron chi connectivity index (χ0n) is 10.4. The molecule has 1 amide bonds. The van der Waals surface area contributed by atoms with E-state index in [2.05, 4.69) is 21.2 Å². The molecule has 6 nitrogen and oxygen atoms in total. The van der Waals surface area contributed by atoms with E-state index < -0.39 is 6.10 Å². The molecule has 0 bridgehead atoms. The average molecular weight is 331 g/mol. The highest BCUT2D eigenvalue weighted by Gasteiger charge is 2.19. The van der Waals surface area contributed by atoms with Crippen molar-refractivity contribution in [3.05, 3.63) is 16.6 Å². The number of nitrogens with one attached hydrogen (secondary N) is 1. The maximum atomic E-state index is 11.9. The summed E-state index contributed by atoms with van der Waals surface area (Å²) in [6, 6.07) is 3.47. The molecule has 3 N–H and O–H groups in total. The lowest BCUT2D eigenvalue weighted by atomic mass is 10.2. The van der Waals surface area contributed by atoms with Crippen molar-refractivity contribution >= 4 is 27.5 Å². The van der Waals surface area contributed by atoms with E-state index >= 15 is 0 Å². The van der Waals surface area contributed by atoms with Gasteiger partial charge in [0.2, 0.25) is 0 Å². The van der Waals surface area contributed by atoms with Gasteiger partial charge in [0.05, 0.1) is 5.69 Å². The number of anilines is 1. The van der Waals surface area contributed by atoms with E-state index in [1.165, 1.54) is 7.11 Å². The van der Waals surface area contributed by atoms with Crippen LogP contribution in [0.1, 0.15) is 0 Å². The van der Waals surface area contributed by atoms with E-state index in [0.29, 0.717) is 34.9 Å². The van der Waals surface area contributed by atoms with Crippen LogP contribution in [0.5, 0.6) is 11.5 Å². The number of hydrogen-bond acceptors (Lipinski definition) is 5. The molecule has 7 heteroatoms. The minimum atomic E-state index is -0.680. The molecule has 1 heterocycles. The number of halogens is 1. The third-order valence-corrected chi connectivity index (χ3v) is 3.34. The van der Waals surface area contributed by atoms with Crippen molar-refractivity contribution < 1.29 is 19.0 Å². The van der Waals surface area contributed by atoms with Gasteiger partial charge >= 0.3 is 0 Å². The fourth-order valence-electron chi connectivity index (χ4n) is 1.68. The lowest BCUT2D eigenvalue weighted by molar-refractivity contribution is -0.125. The number of fused-ring (bicyclic) bond motifs is 1. The minimum Gasteiger partial charge on any atom is -0.486 e. The Hall–Kier alpha value is -1.31. The highest BCUT2D eigenvalue weighted by molar-refractivity contribution is 9.10. The lowest BCUT2D eigenvalue weighted by Gasteiger charge is -2.20. The first-order chi connectivity index (χ1) is 9.15. The Morgan fingerprint density at radius 1 is 1.47 bits per heavy atom. The number of hydrogen-bond donors (Lipinski definition) is 2. The Balaban J connectivity index is 2.18. The van der Waals surface area contributed by atoms with Gasteiger partial charge in [-0.25, -0.2) is 0 Å². The van der Waals surface area contributed by atoms with E-state index in [0.717, 1.165) is 0 Å². The molecule has 0 aliphatic carbocycles. The smallest absolute Gasteiger partial charge is 0.254 e. The normalized spacial score (nSPS) is 14.9. The fraction of sp³-hybridized carbons (Fsp3) is 0.417. The van der Waals surface area contributed by atoms with E-state index in [1.807, 2.05) is 0 Å². The number of ether oxygens (including phenoxy) is 3. The fourth-order valence-corrected chi connectivity index (χ4v) is 2.10. The predicted octanol–water partition coefficient (Wildman–Crippen LogP) is 1.13. The van der Waals surface area contributed by atoms with Crippen LogP contribution in [0.2, 0.25) is 0 Å². The van der Waals surface area contributed by atoms with Crippen molar-refractivity contribution in [2.75, 3.05) is 32.2 Å². The lowest BCUT2D eigenvalue weighted by Crippen LogP contribution is -2.36. The van der Waals surface area contributed by atoms with Gasteiger partial charge in [0, 0.05) is 30.3 Å². The Morgan fingerprint density at radius 2 is 2.11 bits per heavy atom. The number of carbonyl (C=O) groups excluding carboxylic acids is 1. The van der Waals surface area contributed by atoms with Crippen LogP contribution in [0.15, 0.2) is 16.6 Å². The molecule has 1 aliphatic heterocycles. The van der Waals surface area contributed by atoms with Gasteiger partial charge in [-0.05, 0) is 15.9 Å². The molecule has 0 aromatic heterocycles. The quantitative estimate of drug-likeness (QED) is 0.864. The maximum absolute atomic E-state index is 11.9. The number of rotatable bonds is 4. The van der Waals surface area contributed by atoms with Crippen molar-refractivity contribution in [3.63, 3.8) is 0 Å². The van der Waals surface area contributed by atoms with Gasteiger partial charge in [-0.2, -0.15) is 0 Å². The highest BCUT2D eigenvalue weighted by Crippen LogP contribution is 2.38. The number of carbonyl (C=O) groups is 1. The summed E-state index contributed by atoms with van der Waals surface area (Å²) in [6.07, 6.45) is -0.680. The number of benzene rings is 1. The second-order valence-corrected chi connectivity index (χ2v) is 4.78. The molecular formula is C12H15BrN2O4. The van der Waals surface area contributed by atoms with Gasteiger partial charge in [0.25, 0.3) is 5.91 Å². The standard InChI is InChI=1S/C12H15BrN2O4/c1-17-11(6-14)12(16)15-8-5-10-9(4-7(8)13)18-2-3-19-10/h4-5,11H,2-3,6,14H2,1H3,(H,15,16). The van der Waals surface area contributed by atoms with E-state index in [9.17, 15) is 4.79 Å². The molecular weight excluding hydrogens is 316 g/mol. The molecule has 2 rings (SSSR count). The molecule has 1 aromatic carbocycles. The van der Waals surface area contributed by atoms with Crippen LogP contribution in [0.25, 0.3) is 0 Å². The minimum absolute atomic E-state index is 0.116. The molecule has 104 valence electrons. The topological polar surface area (TPSA) is 82.8 Å². The SMILES string of the molecule is COC(CN)C(=O)Nc1cc2c(cc1Br)OCCO2. The van der Waals surface area contributed by atoms with E-state index in [1.54, 1.807) is 12.1 Å². The van der Waals surface area contributed by atoms with Crippen LogP contribution < -0.4 is 20.5 Å². The van der Waals surface area contributed by atoms with Crippen molar-refractivity contribution in [1.29, 1.82) is 0 Å². The first-order valence-corrected chi connectivity index (χ1v) is 6.58. The third kappa shape index (κ3) is 3.17. The molecule has 0 fully saturated rings. The first kappa shape index (κ1) is 14.1. The zero-order chi connectivity index (χ0) is 13.8. The van der Waals surface area contributed by atoms with Crippen molar-refractivity contribution in [2.24, 2.45) is 5.73 Å². The van der Waals surface area contributed by atoms with Gasteiger partial charge in [-0.3, -0.25) is 4.79 Å². The predicted molar refractivity (Wildman–Crippen MR) is 73.6 cm³/mol. The van der Waals surface area contributed by atoms with Gasteiger partial charge in [0.1, 0.15) is 19.3 Å². The Kier molecular flexibility index (Phi) is 4.62.